The standard InChI is InChI=1S/C22H27N3O4S2/c1-4-6-11-25-20-9-8-18(31(23,27)28)13-19(20)24-22(25)30-14-17-12-16(15(3)26)7-10-21(17)29-5-2/h7-10,12-13H,4-6,11,14H2,1-3H3,(H2,23,27,28). The number of aryl methyl sites for hydroxylation is 1. The number of carbonyl (C=O) groups is 1. The first kappa shape index (κ1) is 23.3. The summed E-state index contributed by atoms with van der Waals surface area (Å²) in [6.07, 6.45) is 1.99. The highest BCUT2D eigenvalue weighted by Gasteiger charge is 2.16. The molecule has 0 bridgehead atoms. The quantitative estimate of drug-likeness (QED) is 0.355. The highest BCUT2D eigenvalue weighted by Crippen LogP contribution is 2.32. The van der Waals surface area contributed by atoms with Crippen LogP contribution in [0.2, 0.25) is 0 Å². The Labute approximate surface area is 187 Å². The molecule has 0 aliphatic carbocycles. The number of fused-ring (bicyclic) bond motifs is 1. The molecule has 166 valence electrons. The number of aromatic nitrogens is 2. The Kier molecular flexibility index (Phi) is 7.40. The van der Waals surface area contributed by atoms with Crippen LogP contribution in [-0.2, 0) is 22.3 Å². The first-order valence-corrected chi connectivity index (χ1v) is 12.7. The highest BCUT2D eigenvalue weighted by atomic mass is 32.2. The molecular formula is C22H27N3O4S2. The van der Waals surface area contributed by atoms with Crippen LogP contribution < -0.4 is 9.88 Å². The summed E-state index contributed by atoms with van der Waals surface area (Å²) in [5.41, 5.74) is 3.01. The van der Waals surface area contributed by atoms with Crippen molar-refractivity contribution in [1.29, 1.82) is 0 Å². The Morgan fingerprint density at radius 2 is 1.97 bits per heavy atom. The van der Waals surface area contributed by atoms with Crippen LogP contribution >= 0.6 is 11.8 Å². The van der Waals surface area contributed by atoms with Crippen molar-refractivity contribution in [3.8, 4) is 5.75 Å². The zero-order valence-electron chi connectivity index (χ0n) is 17.9. The van der Waals surface area contributed by atoms with Crippen LogP contribution in [0, 0.1) is 0 Å². The van der Waals surface area contributed by atoms with Crippen LogP contribution in [0.25, 0.3) is 11.0 Å². The minimum Gasteiger partial charge on any atom is -0.494 e. The van der Waals surface area contributed by atoms with Gasteiger partial charge < -0.3 is 9.30 Å². The molecule has 0 atom stereocenters. The third kappa shape index (κ3) is 5.47. The van der Waals surface area contributed by atoms with Crippen LogP contribution in [-0.4, -0.2) is 30.4 Å². The fraction of sp³-hybridized carbons (Fsp3) is 0.364. The number of rotatable bonds is 10. The van der Waals surface area contributed by atoms with E-state index in [-0.39, 0.29) is 10.7 Å². The minimum absolute atomic E-state index is 0.00000571. The van der Waals surface area contributed by atoms with Gasteiger partial charge in [0.1, 0.15) is 5.75 Å². The molecule has 0 spiro atoms. The van der Waals surface area contributed by atoms with Crippen LogP contribution in [0.1, 0.15) is 49.5 Å². The van der Waals surface area contributed by atoms with Gasteiger partial charge in [0.25, 0.3) is 0 Å². The number of hydrogen-bond acceptors (Lipinski definition) is 6. The maximum atomic E-state index is 11.8. The maximum Gasteiger partial charge on any atom is 0.238 e. The van der Waals surface area contributed by atoms with E-state index in [9.17, 15) is 13.2 Å². The maximum absolute atomic E-state index is 11.8. The first-order chi connectivity index (χ1) is 14.7. The van der Waals surface area contributed by atoms with Crippen LogP contribution in [0.4, 0.5) is 0 Å². The van der Waals surface area contributed by atoms with E-state index in [2.05, 4.69) is 16.5 Å². The molecule has 0 radical (unpaired) electrons. The van der Waals surface area contributed by atoms with E-state index in [1.165, 1.54) is 23.9 Å². The normalized spacial score (nSPS) is 11.7. The smallest absolute Gasteiger partial charge is 0.238 e. The van der Waals surface area contributed by atoms with Gasteiger partial charge in [0.15, 0.2) is 10.9 Å². The summed E-state index contributed by atoms with van der Waals surface area (Å²) < 4.78 is 31.3. The van der Waals surface area contributed by atoms with E-state index in [1.54, 1.807) is 19.1 Å². The van der Waals surface area contributed by atoms with Crippen molar-refractivity contribution in [1.82, 2.24) is 9.55 Å². The molecule has 1 aromatic heterocycles. The lowest BCUT2D eigenvalue weighted by molar-refractivity contribution is 0.101. The lowest BCUT2D eigenvalue weighted by atomic mass is 10.1. The molecule has 0 unspecified atom stereocenters. The zero-order chi connectivity index (χ0) is 22.6. The van der Waals surface area contributed by atoms with Gasteiger partial charge in [-0.2, -0.15) is 0 Å². The molecule has 9 heteroatoms. The number of benzene rings is 2. The lowest BCUT2D eigenvalue weighted by Gasteiger charge is -2.12. The Morgan fingerprint density at radius 3 is 2.61 bits per heavy atom. The molecular weight excluding hydrogens is 434 g/mol. The van der Waals surface area contributed by atoms with Crippen LogP contribution in [0.3, 0.4) is 0 Å². The topological polar surface area (TPSA) is 104 Å². The third-order valence-corrected chi connectivity index (χ3v) is 6.81. The number of primary sulfonamides is 1. The van der Waals surface area contributed by atoms with Crippen molar-refractivity contribution in [2.45, 2.75) is 56.0 Å². The largest absolute Gasteiger partial charge is 0.494 e. The van der Waals surface area contributed by atoms with Gasteiger partial charge in [-0.3, -0.25) is 4.79 Å². The van der Waals surface area contributed by atoms with E-state index in [0.29, 0.717) is 23.4 Å². The number of Topliss-reactive ketones (excluding diaryl/α,β-unsaturated/α-hetero) is 1. The second-order valence-electron chi connectivity index (χ2n) is 7.20. The molecule has 0 saturated heterocycles. The predicted octanol–water partition coefficient (Wildman–Crippen LogP) is 4.38. The third-order valence-electron chi connectivity index (χ3n) is 4.87. The van der Waals surface area contributed by atoms with Crippen molar-refractivity contribution < 1.29 is 17.9 Å². The van der Waals surface area contributed by atoms with Gasteiger partial charge in [-0.1, -0.05) is 25.1 Å². The van der Waals surface area contributed by atoms with Gasteiger partial charge in [0.2, 0.25) is 10.0 Å². The molecule has 3 aromatic rings. The van der Waals surface area contributed by atoms with E-state index in [1.807, 2.05) is 19.1 Å². The minimum atomic E-state index is -3.80. The molecule has 7 nitrogen and oxygen atoms in total. The summed E-state index contributed by atoms with van der Waals surface area (Å²) in [6.45, 7) is 6.88. The molecule has 0 amide bonds. The summed E-state index contributed by atoms with van der Waals surface area (Å²) in [4.78, 5) is 16.6. The van der Waals surface area contributed by atoms with Crippen molar-refractivity contribution >= 4 is 38.6 Å². The van der Waals surface area contributed by atoms with Crippen molar-refractivity contribution in [2.75, 3.05) is 6.61 Å². The summed E-state index contributed by atoms with van der Waals surface area (Å²) in [7, 11) is -3.80. The first-order valence-electron chi connectivity index (χ1n) is 10.2. The van der Waals surface area contributed by atoms with Gasteiger partial charge in [-0.25, -0.2) is 18.5 Å². The van der Waals surface area contributed by atoms with Gasteiger partial charge >= 0.3 is 0 Å². The van der Waals surface area contributed by atoms with E-state index in [4.69, 9.17) is 9.88 Å². The summed E-state index contributed by atoms with van der Waals surface area (Å²) in [5.74, 6) is 1.31. The number of thioether (sulfide) groups is 1. The van der Waals surface area contributed by atoms with Gasteiger partial charge in [0, 0.05) is 23.4 Å². The van der Waals surface area contributed by atoms with Gasteiger partial charge in [-0.15, -0.1) is 0 Å². The number of sulfonamides is 1. The van der Waals surface area contributed by atoms with Gasteiger partial charge in [-0.05, 0) is 56.7 Å². The molecule has 3 rings (SSSR count). The number of nitrogens with zero attached hydrogens (tertiary/aromatic N) is 2. The van der Waals surface area contributed by atoms with Crippen LogP contribution in [0.15, 0.2) is 46.5 Å². The lowest BCUT2D eigenvalue weighted by Crippen LogP contribution is -2.11. The molecule has 2 aromatic carbocycles. The fourth-order valence-electron chi connectivity index (χ4n) is 3.26. The van der Waals surface area contributed by atoms with Crippen molar-refractivity contribution in [3.05, 3.63) is 47.5 Å². The molecule has 0 saturated carbocycles. The number of hydrogen-bond donors (Lipinski definition) is 1. The zero-order valence-corrected chi connectivity index (χ0v) is 19.6. The van der Waals surface area contributed by atoms with Crippen molar-refractivity contribution in [2.24, 2.45) is 5.14 Å². The Bertz CT molecular complexity index is 1200. The van der Waals surface area contributed by atoms with Gasteiger partial charge in [0.05, 0.1) is 22.5 Å². The Hall–Kier alpha value is -2.36. The number of carbonyl (C=O) groups excluding carboxylic acids is 1. The van der Waals surface area contributed by atoms with E-state index < -0.39 is 10.0 Å². The Balaban J connectivity index is 1.98. The number of ketones is 1. The molecule has 31 heavy (non-hydrogen) atoms. The summed E-state index contributed by atoms with van der Waals surface area (Å²) in [6, 6.07) is 10.2. The molecule has 0 aliphatic heterocycles. The number of unbranched alkanes of at least 4 members (excludes halogenated alkanes) is 1. The highest BCUT2D eigenvalue weighted by molar-refractivity contribution is 7.98. The van der Waals surface area contributed by atoms with E-state index in [0.717, 1.165) is 41.4 Å². The Morgan fingerprint density at radius 1 is 1.19 bits per heavy atom. The summed E-state index contributed by atoms with van der Waals surface area (Å²) >= 11 is 1.53. The predicted molar refractivity (Wildman–Crippen MR) is 123 cm³/mol. The molecule has 2 N–H and O–H groups in total. The average Bonchev–Trinajstić information content (AvgIpc) is 3.07. The van der Waals surface area contributed by atoms with Crippen molar-refractivity contribution in [3.63, 3.8) is 0 Å². The molecule has 1 heterocycles. The van der Waals surface area contributed by atoms with E-state index >= 15 is 0 Å². The second kappa shape index (κ2) is 9.84. The number of nitrogens with two attached hydrogens (primary N) is 1. The average molecular weight is 462 g/mol. The monoisotopic (exact) mass is 461 g/mol. The van der Waals surface area contributed by atoms with Crippen LogP contribution in [0.5, 0.6) is 5.75 Å². The fourth-order valence-corrected chi connectivity index (χ4v) is 4.81. The number of imidazole rings is 1. The SMILES string of the molecule is CCCCn1c(SCc2cc(C(C)=O)ccc2OCC)nc2cc(S(N)(=O)=O)ccc21. The molecule has 0 aliphatic rings. The number of ether oxygens (including phenoxy) is 1. The summed E-state index contributed by atoms with van der Waals surface area (Å²) in [5, 5.41) is 6.07. The second-order valence-corrected chi connectivity index (χ2v) is 9.70. The molecule has 0 fully saturated rings.